The fourth-order valence-electron chi connectivity index (χ4n) is 3.57. The van der Waals surface area contributed by atoms with Gasteiger partial charge in [0.25, 0.3) is 6.01 Å². The predicted molar refractivity (Wildman–Crippen MR) is 122 cm³/mol. The molecular formula is C24H23Cl2FN2O3. The summed E-state index contributed by atoms with van der Waals surface area (Å²) in [4.78, 5) is 4.07. The molecule has 4 rings (SSSR count). The maximum absolute atomic E-state index is 14.3. The molecule has 0 N–H and O–H groups in total. The third-order valence-electron chi connectivity index (χ3n) is 5.23. The topological polar surface area (TPSA) is 45.5 Å². The highest BCUT2D eigenvalue weighted by Gasteiger charge is 2.45. The van der Waals surface area contributed by atoms with Gasteiger partial charge in [-0.15, -0.1) is 0 Å². The van der Waals surface area contributed by atoms with E-state index in [0.29, 0.717) is 22.2 Å². The highest BCUT2D eigenvalue weighted by molar-refractivity contribution is 6.35. The highest BCUT2D eigenvalue weighted by Crippen LogP contribution is 2.40. The minimum absolute atomic E-state index is 0.00767. The molecule has 32 heavy (non-hydrogen) atoms. The predicted octanol–water partition coefficient (Wildman–Crippen LogP) is 6.01. The Morgan fingerprint density at radius 1 is 1.28 bits per heavy atom. The van der Waals surface area contributed by atoms with Crippen LogP contribution in [0, 0.1) is 0 Å². The number of aryl methyl sites for hydroxylation is 1. The summed E-state index contributed by atoms with van der Waals surface area (Å²) in [5.74, 6) is -1.17. The van der Waals surface area contributed by atoms with Crippen molar-refractivity contribution in [2.24, 2.45) is 0 Å². The van der Waals surface area contributed by atoms with Crippen molar-refractivity contribution >= 4 is 29.3 Å². The monoisotopic (exact) mass is 476 g/mol. The zero-order chi connectivity index (χ0) is 22.6. The number of benzene rings is 2. The number of halogens is 3. The molecule has 0 bridgehead atoms. The van der Waals surface area contributed by atoms with Crippen LogP contribution in [0.3, 0.4) is 0 Å². The molecule has 168 valence electrons. The van der Waals surface area contributed by atoms with E-state index < -0.39 is 17.9 Å². The Morgan fingerprint density at radius 2 is 2.09 bits per heavy atom. The van der Waals surface area contributed by atoms with E-state index >= 15 is 0 Å². The van der Waals surface area contributed by atoms with Gasteiger partial charge in [0.15, 0.2) is 0 Å². The lowest BCUT2D eigenvalue weighted by Gasteiger charge is -2.29. The molecule has 1 fully saturated rings. The quantitative estimate of drug-likeness (QED) is 0.373. The van der Waals surface area contributed by atoms with Gasteiger partial charge >= 0.3 is 0 Å². The van der Waals surface area contributed by atoms with Crippen LogP contribution in [0.5, 0.6) is 0 Å². The van der Waals surface area contributed by atoms with E-state index in [2.05, 4.69) is 11.9 Å². The molecule has 2 unspecified atom stereocenters. The van der Waals surface area contributed by atoms with Crippen LogP contribution in [-0.4, -0.2) is 28.9 Å². The minimum atomic E-state index is -1.17. The van der Waals surface area contributed by atoms with Gasteiger partial charge in [-0.3, -0.25) is 0 Å². The van der Waals surface area contributed by atoms with E-state index in [-0.39, 0.29) is 13.2 Å². The lowest BCUT2D eigenvalue weighted by Crippen LogP contribution is -2.34. The van der Waals surface area contributed by atoms with E-state index in [4.69, 9.17) is 37.4 Å². The summed E-state index contributed by atoms with van der Waals surface area (Å²) in [6.07, 6.45) is 6.92. The Kier molecular flexibility index (Phi) is 7.16. The van der Waals surface area contributed by atoms with Crippen molar-refractivity contribution in [3.63, 3.8) is 0 Å². The molecule has 1 aliphatic heterocycles. The summed E-state index contributed by atoms with van der Waals surface area (Å²) in [5, 5.41) is 0.925. The molecular weight excluding hydrogens is 454 g/mol. The van der Waals surface area contributed by atoms with Crippen LogP contribution in [0.15, 0.2) is 67.2 Å². The summed E-state index contributed by atoms with van der Waals surface area (Å²) in [5.41, 5.74) is 2.55. The second-order valence-corrected chi connectivity index (χ2v) is 8.36. The van der Waals surface area contributed by atoms with Gasteiger partial charge in [-0.2, -0.15) is 4.39 Å². The van der Waals surface area contributed by atoms with E-state index in [1.165, 1.54) is 11.6 Å². The first-order valence-corrected chi connectivity index (χ1v) is 11.0. The Morgan fingerprint density at radius 3 is 2.78 bits per heavy atom. The maximum atomic E-state index is 14.3. The van der Waals surface area contributed by atoms with Gasteiger partial charge in [0.2, 0.25) is 5.79 Å². The van der Waals surface area contributed by atoms with E-state index in [9.17, 15) is 4.39 Å². The van der Waals surface area contributed by atoms with Crippen molar-refractivity contribution in [2.45, 2.75) is 31.8 Å². The Hall–Kier alpha value is -2.38. The first kappa shape index (κ1) is 22.8. The van der Waals surface area contributed by atoms with Crippen LogP contribution in [0.2, 0.25) is 10.0 Å². The second-order valence-electron chi connectivity index (χ2n) is 7.52. The number of ether oxygens (including phenoxy) is 3. The minimum Gasteiger partial charge on any atom is -0.468 e. The maximum Gasteiger partial charge on any atom is 0.273 e. The van der Waals surface area contributed by atoms with Crippen molar-refractivity contribution in [1.29, 1.82) is 0 Å². The van der Waals surface area contributed by atoms with E-state index in [0.717, 1.165) is 12.0 Å². The number of rotatable bonds is 8. The number of hydrogen-bond acceptors (Lipinski definition) is 4. The molecule has 0 amide bonds. The molecule has 1 saturated heterocycles. The van der Waals surface area contributed by atoms with Gasteiger partial charge in [0.05, 0.1) is 24.5 Å². The number of nitrogens with zero attached hydrogens (tertiary/aromatic N) is 2. The van der Waals surface area contributed by atoms with Gasteiger partial charge in [-0.05, 0) is 29.7 Å². The standard InChI is InChI=1S/C24H23Cl2FN2O3/c1-2-17-3-5-18(6-4-17)11-23(27)30-13-20-14-31-24(32-20,15-29-10-9-28-16-29)21-8-7-19(25)12-22(21)26/h3-12,16,20H,2,13-15H2,1H3/b23-11+. The van der Waals surface area contributed by atoms with Crippen LogP contribution in [0.4, 0.5) is 4.39 Å². The zero-order valence-electron chi connectivity index (χ0n) is 17.5. The molecule has 1 aromatic heterocycles. The first-order valence-electron chi connectivity index (χ1n) is 10.3. The van der Waals surface area contributed by atoms with Crippen LogP contribution in [0.1, 0.15) is 23.6 Å². The summed E-state index contributed by atoms with van der Waals surface area (Å²) in [7, 11) is 0. The SMILES string of the molecule is CCc1ccc(/C=C(\F)OCC2COC(Cn3ccnc3)(c3ccc(Cl)cc3Cl)O2)cc1. The summed E-state index contributed by atoms with van der Waals surface area (Å²) < 4.78 is 33.8. The van der Waals surface area contributed by atoms with Crippen LogP contribution >= 0.6 is 23.2 Å². The van der Waals surface area contributed by atoms with E-state index in [1.807, 2.05) is 28.8 Å². The van der Waals surface area contributed by atoms with Gasteiger partial charge in [0.1, 0.15) is 12.7 Å². The third-order valence-corrected chi connectivity index (χ3v) is 5.77. The van der Waals surface area contributed by atoms with Crippen molar-refractivity contribution in [3.8, 4) is 0 Å². The molecule has 2 aromatic carbocycles. The van der Waals surface area contributed by atoms with Gasteiger partial charge in [-0.25, -0.2) is 4.98 Å². The van der Waals surface area contributed by atoms with Crippen molar-refractivity contribution in [3.05, 3.63) is 93.9 Å². The van der Waals surface area contributed by atoms with Crippen molar-refractivity contribution in [1.82, 2.24) is 9.55 Å². The summed E-state index contributed by atoms with van der Waals surface area (Å²) >= 11 is 12.5. The lowest BCUT2D eigenvalue weighted by atomic mass is 10.1. The summed E-state index contributed by atoms with van der Waals surface area (Å²) in [6, 6.07) is 12.1. The number of hydrogen-bond donors (Lipinski definition) is 0. The second kappa shape index (κ2) is 10.0. The molecule has 0 aliphatic carbocycles. The Labute approximate surface area is 196 Å². The van der Waals surface area contributed by atoms with Gasteiger partial charge in [-0.1, -0.05) is 60.5 Å². The molecule has 0 spiro atoms. The Balaban J connectivity index is 1.46. The molecule has 3 aromatic rings. The number of aromatic nitrogens is 2. The van der Waals surface area contributed by atoms with Crippen LogP contribution in [0.25, 0.3) is 6.08 Å². The summed E-state index contributed by atoms with van der Waals surface area (Å²) in [6.45, 7) is 2.59. The smallest absolute Gasteiger partial charge is 0.273 e. The Bertz CT molecular complexity index is 1070. The third kappa shape index (κ3) is 5.33. The fourth-order valence-corrected chi connectivity index (χ4v) is 4.12. The average Bonchev–Trinajstić information content (AvgIpc) is 3.43. The average molecular weight is 477 g/mol. The number of imidazole rings is 1. The van der Waals surface area contributed by atoms with Crippen LogP contribution < -0.4 is 0 Å². The van der Waals surface area contributed by atoms with Gasteiger partial charge < -0.3 is 18.8 Å². The van der Waals surface area contributed by atoms with Crippen molar-refractivity contribution < 1.29 is 18.6 Å². The normalized spacial score (nSPS) is 21.1. The highest BCUT2D eigenvalue weighted by atomic mass is 35.5. The zero-order valence-corrected chi connectivity index (χ0v) is 19.0. The first-order chi connectivity index (χ1) is 15.5. The molecule has 2 heterocycles. The molecule has 2 atom stereocenters. The van der Waals surface area contributed by atoms with Crippen LogP contribution in [-0.2, 0) is 33.0 Å². The largest absolute Gasteiger partial charge is 0.468 e. The fraction of sp³-hybridized carbons (Fsp3) is 0.292. The molecule has 1 aliphatic rings. The van der Waals surface area contributed by atoms with E-state index in [1.54, 1.807) is 36.9 Å². The molecule has 0 saturated carbocycles. The molecule has 8 heteroatoms. The van der Waals surface area contributed by atoms with Gasteiger partial charge in [0, 0.05) is 29.1 Å². The lowest BCUT2D eigenvalue weighted by molar-refractivity contribution is -0.190. The van der Waals surface area contributed by atoms with Crippen molar-refractivity contribution in [2.75, 3.05) is 13.2 Å². The molecule has 5 nitrogen and oxygen atoms in total. The molecule has 0 radical (unpaired) electrons.